The Bertz CT molecular complexity index is 899. The molecule has 0 aliphatic carbocycles. The number of nitrogens with zero attached hydrogens (tertiary/aromatic N) is 1. The number of anilines is 4. The molecule has 0 spiro atoms. The van der Waals surface area contributed by atoms with Crippen molar-refractivity contribution in [2.75, 3.05) is 16.4 Å². The summed E-state index contributed by atoms with van der Waals surface area (Å²) in [7, 11) is 0. The zero-order chi connectivity index (χ0) is 15.6. The Morgan fingerprint density at radius 2 is 1.26 bits per heavy atom. The van der Waals surface area contributed by atoms with Gasteiger partial charge in [-0.1, -0.05) is 36.4 Å². The average Bonchev–Trinajstić information content (AvgIpc) is 2.73. The molecule has 112 valence electrons. The molecule has 0 saturated heterocycles. The Hall–Kier alpha value is -3.27. The topological polar surface area (TPSA) is 62.4 Å². The van der Waals surface area contributed by atoms with Crippen molar-refractivity contribution >= 4 is 34.3 Å². The molecule has 0 bridgehead atoms. The third-order valence-corrected chi connectivity index (χ3v) is 3.80. The van der Waals surface area contributed by atoms with Gasteiger partial charge in [-0.25, -0.2) is 4.99 Å². The van der Waals surface area contributed by atoms with Crippen LogP contribution in [0.15, 0.2) is 77.8 Å². The van der Waals surface area contributed by atoms with Crippen molar-refractivity contribution in [2.24, 2.45) is 4.99 Å². The van der Waals surface area contributed by atoms with E-state index in [0.717, 1.165) is 34.1 Å². The first-order valence-corrected chi connectivity index (χ1v) is 7.47. The van der Waals surface area contributed by atoms with Crippen LogP contribution in [0.3, 0.4) is 0 Å². The van der Waals surface area contributed by atoms with E-state index in [2.05, 4.69) is 10.6 Å². The van der Waals surface area contributed by atoms with Gasteiger partial charge in [-0.05, 0) is 36.4 Å². The molecule has 4 N–H and O–H groups in total. The first-order valence-electron chi connectivity index (χ1n) is 7.47. The normalized spacial score (nSPS) is 14.2. The molecule has 1 aliphatic heterocycles. The molecule has 3 aromatic carbocycles. The minimum atomic E-state index is 0.657. The van der Waals surface area contributed by atoms with E-state index in [1.807, 2.05) is 72.8 Å². The lowest BCUT2D eigenvalue weighted by Crippen LogP contribution is -2.12. The fraction of sp³-hybridized carbons (Fsp3) is 0. The highest BCUT2D eigenvalue weighted by atomic mass is 15.1. The van der Waals surface area contributed by atoms with Crippen LogP contribution in [-0.4, -0.2) is 5.84 Å². The van der Waals surface area contributed by atoms with Crippen molar-refractivity contribution in [3.63, 3.8) is 0 Å². The third kappa shape index (κ3) is 2.51. The molecular weight excluding hydrogens is 284 g/mol. The van der Waals surface area contributed by atoms with Gasteiger partial charge in [0.1, 0.15) is 5.84 Å². The largest absolute Gasteiger partial charge is 0.397 e. The lowest BCUT2D eigenvalue weighted by atomic mass is 10.1. The van der Waals surface area contributed by atoms with E-state index in [1.54, 1.807) is 0 Å². The summed E-state index contributed by atoms with van der Waals surface area (Å²) < 4.78 is 0. The highest BCUT2D eigenvalue weighted by Crippen LogP contribution is 2.33. The summed E-state index contributed by atoms with van der Waals surface area (Å²) in [6.07, 6.45) is 0. The van der Waals surface area contributed by atoms with Crippen molar-refractivity contribution < 1.29 is 0 Å². The Labute approximate surface area is 134 Å². The van der Waals surface area contributed by atoms with Crippen LogP contribution < -0.4 is 16.4 Å². The zero-order valence-corrected chi connectivity index (χ0v) is 12.5. The van der Waals surface area contributed by atoms with Crippen molar-refractivity contribution in [1.82, 2.24) is 0 Å². The molecule has 0 aromatic heterocycles. The Morgan fingerprint density at radius 3 is 2.04 bits per heavy atom. The zero-order valence-electron chi connectivity index (χ0n) is 12.5. The third-order valence-electron chi connectivity index (χ3n) is 3.80. The number of nitrogens with two attached hydrogens (primary N) is 1. The number of nitrogen functional groups attached to an aromatic ring is 1. The van der Waals surface area contributed by atoms with Crippen LogP contribution in [0.2, 0.25) is 0 Å². The Kier molecular flexibility index (Phi) is 3.20. The van der Waals surface area contributed by atoms with E-state index in [1.165, 1.54) is 0 Å². The predicted octanol–water partition coefficient (Wildman–Crippen LogP) is 4.52. The van der Waals surface area contributed by atoms with Gasteiger partial charge < -0.3 is 16.4 Å². The van der Waals surface area contributed by atoms with Crippen LogP contribution in [0, 0.1) is 0 Å². The second-order valence-electron chi connectivity index (χ2n) is 5.36. The maximum atomic E-state index is 6.04. The van der Waals surface area contributed by atoms with E-state index in [0.29, 0.717) is 5.69 Å². The number of fused-ring (bicyclic) bond motifs is 2. The molecule has 1 aliphatic rings. The van der Waals surface area contributed by atoms with Crippen LogP contribution in [0.25, 0.3) is 0 Å². The summed E-state index contributed by atoms with van der Waals surface area (Å²) in [6.45, 7) is 0. The van der Waals surface area contributed by atoms with Gasteiger partial charge in [-0.3, -0.25) is 0 Å². The second kappa shape index (κ2) is 5.50. The molecule has 0 amide bonds. The van der Waals surface area contributed by atoms with Gasteiger partial charge in [-0.15, -0.1) is 0 Å². The second-order valence-corrected chi connectivity index (χ2v) is 5.36. The van der Waals surface area contributed by atoms with Crippen LogP contribution in [0.1, 0.15) is 5.56 Å². The molecule has 0 radical (unpaired) electrons. The smallest absolute Gasteiger partial charge is 0.140 e. The summed E-state index contributed by atoms with van der Waals surface area (Å²) in [5, 5.41) is 6.88. The molecule has 23 heavy (non-hydrogen) atoms. The standard InChI is InChI=1S/C19H16N4/c20-14-8-2-4-10-16(14)22-19-13-7-1-3-9-15(13)21-17-11-5-6-12-18(17)23-19/h1-12,21H,20H2,(H,22,23). The van der Waals surface area contributed by atoms with Gasteiger partial charge in [0, 0.05) is 11.3 Å². The first-order chi connectivity index (χ1) is 11.3. The molecule has 4 heteroatoms. The van der Waals surface area contributed by atoms with Crippen LogP contribution in [-0.2, 0) is 0 Å². The van der Waals surface area contributed by atoms with Crippen molar-refractivity contribution in [3.8, 4) is 0 Å². The summed E-state index contributed by atoms with van der Waals surface area (Å²) in [4.78, 5) is 4.76. The predicted molar refractivity (Wildman–Crippen MR) is 96.8 cm³/mol. The van der Waals surface area contributed by atoms with Crippen molar-refractivity contribution in [1.29, 1.82) is 0 Å². The van der Waals surface area contributed by atoms with E-state index < -0.39 is 0 Å². The molecule has 4 nitrogen and oxygen atoms in total. The Balaban J connectivity index is 1.90. The highest BCUT2D eigenvalue weighted by Gasteiger charge is 2.17. The molecule has 3 aromatic rings. The molecule has 0 saturated carbocycles. The van der Waals surface area contributed by atoms with Gasteiger partial charge >= 0.3 is 0 Å². The number of hydrogen-bond acceptors (Lipinski definition) is 3. The molecule has 0 unspecified atom stereocenters. The SMILES string of the molecule is Nc1ccccc1N=C1Nc2ccccc2Nc2ccccc21. The fourth-order valence-electron chi connectivity index (χ4n) is 2.64. The van der Waals surface area contributed by atoms with E-state index >= 15 is 0 Å². The molecular formula is C19H16N4. The van der Waals surface area contributed by atoms with Crippen molar-refractivity contribution in [3.05, 3.63) is 78.4 Å². The Morgan fingerprint density at radius 1 is 0.652 bits per heavy atom. The number of aliphatic imine (C=N–C) groups is 1. The summed E-state index contributed by atoms with van der Waals surface area (Å²) in [5.41, 5.74) is 11.5. The number of hydrogen-bond donors (Lipinski definition) is 3. The van der Waals surface area contributed by atoms with Crippen LogP contribution >= 0.6 is 0 Å². The van der Waals surface area contributed by atoms with Gasteiger partial charge in [0.15, 0.2) is 0 Å². The fourth-order valence-corrected chi connectivity index (χ4v) is 2.64. The summed E-state index contributed by atoms with van der Waals surface area (Å²) >= 11 is 0. The number of benzene rings is 3. The quantitative estimate of drug-likeness (QED) is 0.579. The van der Waals surface area contributed by atoms with Crippen LogP contribution in [0.5, 0.6) is 0 Å². The summed E-state index contributed by atoms with van der Waals surface area (Å²) in [6, 6.07) is 23.8. The molecule has 1 heterocycles. The summed E-state index contributed by atoms with van der Waals surface area (Å²) in [5.74, 6) is 0.774. The number of para-hydroxylation sites is 5. The molecule has 4 rings (SSSR count). The van der Waals surface area contributed by atoms with Crippen molar-refractivity contribution in [2.45, 2.75) is 0 Å². The monoisotopic (exact) mass is 300 g/mol. The highest BCUT2D eigenvalue weighted by molar-refractivity contribution is 6.16. The van der Waals surface area contributed by atoms with Gasteiger partial charge in [0.2, 0.25) is 0 Å². The first kappa shape index (κ1) is 13.4. The van der Waals surface area contributed by atoms with Crippen LogP contribution in [0.4, 0.5) is 28.4 Å². The molecule has 0 fully saturated rings. The average molecular weight is 300 g/mol. The minimum Gasteiger partial charge on any atom is -0.397 e. The molecule has 0 atom stereocenters. The maximum absolute atomic E-state index is 6.04. The lowest BCUT2D eigenvalue weighted by Gasteiger charge is -2.10. The van der Waals surface area contributed by atoms with E-state index in [-0.39, 0.29) is 0 Å². The van der Waals surface area contributed by atoms with Gasteiger partial charge in [0.05, 0.1) is 22.7 Å². The maximum Gasteiger partial charge on any atom is 0.140 e. The minimum absolute atomic E-state index is 0.657. The number of rotatable bonds is 1. The number of nitrogens with one attached hydrogen (secondary N) is 2. The van der Waals surface area contributed by atoms with E-state index in [9.17, 15) is 0 Å². The lowest BCUT2D eigenvalue weighted by molar-refractivity contribution is 1.48. The van der Waals surface area contributed by atoms with Gasteiger partial charge in [-0.2, -0.15) is 0 Å². The van der Waals surface area contributed by atoms with Gasteiger partial charge in [0.25, 0.3) is 0 Å². The van der Waals surface area contributed by atoms with E-state index in [4.69, 9.17) is 10.7 Å². The number of amidine groups is 1.